The van der Waals surface area contributed by atoms with Crippen molar-refractivity contribution in [3.05, 3.63) is 88.9 Å². The van der Waals surface area contributed by atoms with Crippen LogP contribution in [0.25, 0.3) is 16.2 Å². The van der Waals surface area contributed by atoms with E-state index in [-0.39, 0.29) is 5.91 Å². The number of aryl methyl sites for hydroxylation is 2. The Morgan fingerprint density at radius 1 is 1.16 bits per heavy atom. The van der Waals surface area contributed by atoms with Crippen LogP contribution in [0, 0.1) is 13.8 Å². The smallest absolute Gasteiger partial charge is 0.256 e. The molecule has 5 rings (SSSR count). The Morgan fingerprint density at radius 3 is 2.72 bits per heavy atom. The molecule has 0 radical (unpaired) electrons. The minimum absolute atomic E-state index is 0.137. The summed E-state index contributed by atoms with van der Waals surface area (Å²) in [5, 5.41) is 9.02. The van der Waals surface area contributed by atoms with Crippen LogP contribution < -0.4 is 5.32 Å². The molecule has 0 fully saturated rings. The van der Waals surface area contributed by atoms with Crippen LogP contribution in [-0.2, 0) is 5.75 Å². The molecular weight excluding hydrogens is 440 g/mol. The number of thioether (sulfide) groups is 1. The fraction of sp³-hybridized carbons (Fsp3) is 0.125. The number of anilines is 1. The number of rotatable bonds is 6. The first-order chi connectivity index (χ1) is 15.6. The highest BCUT2D eigenvalue weighted by Gasteiger charge is 2.15. The number of thiazole rings is 1. The van der Waals surface area contributed by atoms with Crippen molar-refractivity contribution >= 4 is 39.7 Å². The first-order valence-electron chi connectivity index (χ1n) is 10.1. The molecule has 32 heavy (non-hydrogen) atoms. The molecule has 3 heterocycles. The summed E-state index contributed by atoms with van der Waals surface area (Å²) >= 11 is 3.21. The van der Waals surface area contributed by atoms with Crippen LogP contribution in [0.1, 0.15) is 27.4 Å². The van der Waals surface area contributed by atoms with Gasteiger partial charge in [-0.2, -0.15) is 0 Å². The van der Waals surface area contributed by atoms with Gasteiger partial charge in [0.1, 0.15) is 5.76 Å². The third-order valence-corrected chi connectivity index (χ3v) is 7.09. The highest BCUT2D eigenvalue weighted by molar-refractivity contribution is 7.98. The van der Waals surface area contributed by atoms with E-state index in [0.717, 1.165) is 43.8 Å². The van der Waals surface area contributed by atoms with Gasteiger partial charge in [0.25, 0.3) is 5.91 Å². The molecule has 3 aromatic heterocycles. The average Bonchev–Trinajstić information content (AvgIpc) is 3.49. The number of fused-ring (bicyclic) bond motifs is 1. The van der Waals surface area contributed by atoms with Gasteiger partial charge in [0.2, 0.25) is 0 Å². The molecule has 0 aliphatic carbocycles. The van der Waals surface area contributed by atoms with Crippen molar-refractivity contribution in [1.29, 1.82) is 0 Å². The second kappa shape index (κ2) is 8.64. The topological polar surface area (TPSA) is 72.4 Å². The predicted octanol–water partition coefficient (Wildman–Crippen LogP) is 6.21. The molecule has 0 unspecified atom stereocenters. The Morgan fingerprint density at radius 2 is 1.97 bits per heavy atom. The highest BCUT2D eigenvalue weighted by atomic mass is 32.2. The lowest BCUT2D eigenvalue weighted by molar-refractivity contribution is 0.102. The van der Waals surface area contributed by atoms with Crippen molar-refractivity contribution < 1.29 is 9.32 Å². The van der Waals surface area contributed by atoms with Crippen molar-refractivity contribution in [3.63, 3.8) is 0 Å². The molecule has 6 nitrogen and oxygen atoms in total. The van der Waals surface area contributed by atoms with Crippen molar-refractivity contribution in [2.75, 3.05) is 5.32 Å². The van der Waals surface area contributed by atoms with Gasteiger partial charge in [-0.25, -0.2) is 4.98 Å². The zero-order valence-electron chi connectivity index (χ0n) is 17.5. The van der Waals surface area contributed by atoms with Gasteiger partial charge in [0, 0.05) is 45.2 Å². The molecule has 0 aliphatic heterocycles. The molecule has 5 aromatic rings. The second-order valence-electron chi connectivity index (χ2n) is 7.34. The summed E-state index contributed by atoms with van der Waals surface area (Å²) in [5.41, 5.74) is 5.26. The van der Waals surface area contributed by atoms with Crippen LogP contribution in [-0.4, -0.2) is 20.4 Å². The third-order valence-electron chi connectivity index (χ3n) is 5.22. The Bertz CT molecular complexity index is 1350. The summed E-state index contributed by atoms with van der Waals surface area (Å²) in [5.74, 6) is 1.37. The first kappa shape index (κ1) is 20.5. The number of aromatic nitrogens is 3. The zero-order chi connectivity index (χ0) is 22.1. The lowest BCUT2D eigenvalue weighted by atomic mass is 10.1. The predicted molar refractivity (Wildman–Crippen MR) is 128 cm³/mol. The molecule has 0 spiro atoms. The van der Waals surface area contributed by atoms with E-state index in [9.17, 15) is 4.79 Å². The van der Waals surface area contributed by atoms with Gasteiger partial charge in [-0.05, 0) is 38.1 Å². The fourth-order valence-electron chi connectivity index (χ4n) is 3.43. The molecule has 0 saturated heterocycles. The normalized spacial score (nSPS) is 11.2. The summed E-state index contributed by atoms with van der Waals surface area (Å²) in [4.78, 5) is 19.5. The molecule has 0 saturated carbocycles. The van der Waals surface area contributed by atoms with Gasteiger partial charge < -0.3 is 9.84 Å². The molecule has 1 N–H and O–H groups in total. The largest absolute Gasteiger partial charge is 0.361 e. The van der Waals surface area contributed by atoms with Gasteiger partial charge in [-0.15, -0.1) is 23.1 Å². The zero-order valence-corrected chi connectivity index (χ0v) is 19.2. The molecule has 0 bridgehead atoms. The summed E-state index contributed by atoms with van der Waals surface area (Å²) in [6.45, 7) is 3.84. The Balaban J connectivity index is 1.30. The molecule has 8 heteroatoms. The van der Waals surface area contributed by atoms with Crippen LogP contribution in [0.2, 0.25) is 0 Å². The number of benzene rings is 2. The summed E-state index contributed by atoms with van der Waals surface area (Å²) in [6.07, 6.45) is 4.00. The number of nitrogens with one attached hydrogen (secondary N) is 1. The summed E-state index contributed by atoms with van der Waals surface area (Å²) < 4.78 is 7.25. The number of nitrogens with zero attached hydrogens (tertiary/aromatic N) is 3. The van der Waals surface area contributed by atoms with Gasteiger partial charge in [-0.1, -0.05) is 29.4 Å². The minimum atomic E-state index is -0.137. The van der Waals surface area contributed by atoms with Gasteiger partial charge in [-0.3, -0.25) is 9.20 Å². The SMILES string of the molecule is Cc1noc(C)c1CSc1ccccc1C(=O)Nc1ccc(-c2cn3ccsc3n2)cc1. The van der Waals surface area contributed by atoms with E-state index in [2.05, 4.69) is 15.5 Å². The number of carbonyl (C=O) groups excluding carboxylic acids is 1. The summed E-state index contributed by atoms with van der Waals surface area (Å²) in [6, 6.07) is 15.4. The van der Waals surface area contributed by atoms with Gasteiger partial charge in [0.05, 0.1) is 17.0 Å². The Hall–Kier alpha value is -3.36. The average molecular weight is 461 g/mol. The van der Waals surface area contributed by atoms with Crippen molar-refractivity contribution in [3.8, 4) is 11.3 Å². The highest BCUT2D eigenvalue weighted by Crippen LogP contribution is 2.29. The molecule has 160 valence electrons. The lowest BCUT2D eigenvalue weighted by Crippen LogP contribution is -2.12. The monoisotopic (exact) mass is 460 g/mol. The van der Waals surface area contributed by atoms with Crippen LogP contribution >= 0.6 is 23.1 Å². The van der Waals surface area contributed by atoms with Gasteiger partial charge in [0.15, 0.2) is 4.96 Å². The van der Waals surface area contributed by atoms with Crippen molar-refractivity contribution in [1.82, 2.24) is 14.5 Å². The molecule has 1 amide bonds. The first-order valence-corrected chi connectivity index (χ1v) is 11.9. The third kappa shape index (κ3) is 4.06. The van der Waals surface area contributed by atoms with E-state index < -0.39 is 0 Å². The second-order valence-corrected chi connectivity index (χ2v) is 9.23. The van der Waals surface area contributed by atoms with Crippen molar-refractivity contribution in [2.24, 2.45) is 0 Å². The van der Waals surface area contributed by atoms with E-state index in [0.29, 0.717) is 11.3 Å². The van der Waals surface area contributed by atoms with E-state index in [1.54, 1.807) is 23.1 Å². The van der Waals surface area contributed by atoms with E-state index >= 15 is 0 Å². The molecule has 0 aliphatic rings. The fourth-order valence-corrected chi connectivity index (χ4v) is 5.33. The van der Waals surface area contributed by atoms with Crippen LogP contribution in [0.5, 0.6) is 0 Å². The number of imidazole rings is 1. The Labute approximate surface area is 193 Å². The van der Waals surface area contributed by atoms with E-state index in [1.807, 2.05) is 84.6 Å². The van der Waals surface area contributed by atoms with Gasteiger partial charge >= 0.3 is 0 Å². The Kier molecular flexibility index (Phi) is 5.55. The summed E-state index contributed by atoms with van der Waals surface area (Å²) in [7, 11) is 0. The van der Waals surface area contributed by atoms with Crippen LogP contribution in [0.3, 0.4) is 0 Å². The molecular formula is C24H20N4O2S2. The van der Waals surface area contributed by atoms with Crippen molar-refractivity contribution in [2.45, 2.75) is 24.5 Å². The molecule has 2 aromatic carbocycles. The van der Waals surface area contributed by atoms with E-state index in [4.69, 9.17) is 4.52 Å². The number of carbonyl (C=O) groups is 1. The number of hydrogen-bond donors (Lipinski definition) is 1. The maximum absolute atomic E-state index is 13.0. The standard InChI is InChI=1S/C24H20N4O2S2/c1-15-20(16(2)30-27-15)14-32-22-6-4-3-5-19(22)23(29)25-18-9-7-17(8-10-18)21-13-28-11-12-31-24(28)26-21/h3-13H,14H2,1-2H3,(H,25,29). The maximum atomic E-state index is 13.0. The minimum Gasteiger partial charge on any atom is -0.361 e. The number of amides is 1. The molecule has 0 atom stereocenters. The van der Waals surface area contributed by atoms with Crippen LogP contribution in [0.4, 0.5) is 5.69 Å². The van der Waals surface area contributed by atoms with E-state index in [1.165, 1.54) is 0 Å². The van der Waals surface area contributed by atoms with Crippen LogP contribution in [0.15, 0.2) is 75.7 Å². The number of hydrogen-bond acceptors (Lipinski definition) is 6. The quantitative estimate of drug-likeness (QED) is 0.305. The lowest BCUT2D eigenvalue weighted by Gasteiger charge is -2.10. The maximum Gasteiger partial charge on any atom is 0.256 e.